The molecule has 104 valence electrons. The maximum Gasteiger partial charge on any atom is 0.305 e. The van der Waals surface area contributed by atoms with E-state index in [4.69, 9.17) is 0 Å². The van der Waals surface area contributed by atoms with Gasteiger partial charge < -0.3 is 15.4 Å². The summed E-state index contributed by atoms with van der Waals surface area (Å²) in [5, 5.41) is 12.9. The average Bonchev–Trinajstić information content (AvgIpc) is 2.87. The highest BCUT2D eigenvalue weighted by molar-refractivity contribution is 5.94. The number of aromatic amines is 1. The Kier molecular flexibility index (Phi) is 4.51. The first-order valence-electron chi connectivity index (χ1n) is 6.34. The van der Waals surface area contributed by atoms with Crippen molar-refractivity contribution in [2.75, 3.05) is 20.2 Å². The first-order valence-corrected chi connectivity index (χ1v) is 6.34. The second-order valence-electron chi connectivity index (χ2n) is 4.39. The van der Waals surface area contributed by atoms with Gasteiger partial charge in [0, 0.05) is 43.7 Å². The van der Waals surface area contributed by atoms with Gasteiger partial charge in [0.1, 0.15) is 0 Å². The van der Waals surface area contributed by atoms with Crippen molar-refractivity contribution in [2.24, 2.45) is 0 Å². The Bertz CT molecular complexity index is 470. The molecule has 3 N–H and O–H groups in total. The predicted octanol–water partition coefficient (Wildman–Crippen LogP) is -0.262. The summed E-state index contributed by atoms with van der Waals surface area (Å²) in [6.07, 6.45) is 1.72. The molecule has 2 heterocycles. The molecule has 1 aliphatic rings. The summed E-state index contributed by atoms with van der Waals surface area (Å²) in [6, 6.07) is 0. The van der Waals surface area contributed by atoms with Crippen molar-refractivity contribution in [2.45, 2.75) is 25.8 Å². The third-order valence-electron chi connectivity index (χ3n) is 3.09. The fourth-order valence-corrected chi connectivity index (χ4v) is 2.03. The Morgan fingerprint density at radius 3 is 3.11 bits per heavy atom. The number of aromatic nitrogens is 2. The summed E-state index contributed by atoms with van der Waals surface area (Å²) in [7, 11) is 1.35. The van der Waals surface area contributed by atoms with Gasteiger partial charge in [-0.1, -0.05) is 0 Å². The lowest BCUT2D eigenvalue weighted by Gasteiger charge is -2.12. The molecule has 0 spiro atoms. The Morgan fingerprint density at radius 1 is 1.47 bits per heavy atom. The molecule has 2 rings (SSSR count). The standard InChI is InChI=1S/C12H18N4O3/c1-19-10(17)3-2-5-14-12(18)11-8-7-13-6-4-9(8)15-16-11/h13H,2-7H2,1H3,(H,14,18)(H,15,16). The monoisotopic (exact) mass is 266 g/mol. The number of rotatable bonds is 5. The van der Waals surface area contributed by atoms with Crippen molar-refractivity contribution < 1.29 is 14.3 Å². The van der Waals surface area contributed by atoms with E-state index in [0.717, 1.165) is 24.2 Å². The van der Waals surface area contributed by atoms with E-state index >= 15 is 0 Å². The van der Waals surface area contributed by atoms with Gasteiger partial charge >= 0.3 is 5.97 Å². The lowest BCUT2D eigenvalue weighted by atomic mass is 10.1. The van der Waals surface area contributed by atoms with Crippen LogP contribution in [-0.4, -0.2) is 42.3 Å². The van der Waals surface area contributed by atoms with Crippen LogP contribution in [0.5, 0.6) is 0 Å². The summed E-state index contributed by atoms with van der Waals surface area (Å²) >= 11 is 0. The lowest BCUT2D eigenvalue weighted by Crippen LogP contribution is -2.29. The van der Waals surface area contributed by atoms with Gasteiger partial charge in [0.05, 0.1) is 7.11 Å². The molecule has 1 amide bonds. The van der Waals surface area contributed by atoms with Crippen LogP contribution in [0.25, 0.3) is 0 Å². The number of H-pyrrole nitrogens is 1. The number of methoxy groups -OCH3 is 1. The second-order valence-corrected chi connectivity index (χ2v) is 4.39. The number of ether oxygens (including phenoxy) is 1. The zero-order chi connectivity index (χ0) is 13.7. The molecule has 0 aromatic carbocycles. The van der Waals surface area contributed by atoms with Crippen LogP contribution < -0.4 is 10.6 Å². The van der Waals surface area contributed by atoms with Crippen LogP contribution in [0.15, 0.2) is 0 Å². The van der Waals surface area contributed by atoms with Gasteiger partial charge in [-0.15, -0.1) is 0 Å². The van der Waals surface area contributed by atoms with Crippen LogP contribution in [0.4, 0.5) is 0 Å². The molecule has 0 radical (unpaired) electrons. The third-order valence-corrected chi connectivity index (χ3v) is 3.09. The fourth-order valence-electron chi connectivity index (χ4n) is 2.03. The van der Waals surface area contributed by atoms with Crippen molar-refractivity contribution >= 4 is 11.9 Å². The smallest absolute Gasteiger partial charge is 0.305 e. The molecule has 0 unspecified atom stereocenters. The van der Waals surface area contributed by atoms with Crippen LogP contribution in [-0.2, 0) is 22.5 Å². The number of hydrogen-bond donors (Lipinski definition) is 3. The van der Waals surface area contributed by atoms with E-state index in [0.29, 0.717) is 31.6 Å². The van der Waals surface area contributed by atoms with Crippen molar-refractivity contribution in [3.05, 3.63) is 17.0 Å². The van der Waals surface area contributed by atoms with Crippen molar-refractivity contribution in [3.63, 3.8) is 0 Å². The summed E-state index contributed by atoms with van der Waals surface area (Å²) in [6.45, 7) is 2.00. The largest absolute Gasteiger partial charge is 0.469 e. The minimum absolute atomic E-state index is 0.203. The summed E-state index contributed by atoms with van der Waals surface area (Å²) in [4.78, 5) is 22.9. The second kappa shape index (κ2) is 6.33. The quantitative estimate of drug-likeness (QED) is 0.504. The number of amides is 1. The molecule has 0 fully saturated rings. The highest BCUT2D eigenvalue weighted by Gasteiger charge is 2.21. The first kappa shape index (κ1) is 13.5. The number of fused-ring (bicyclic) bond motifs is 1. The van der Waals surface area contributed by atoms with Gasteiger partial charge in [-0.05, 0) is 6.42 Å². The van der Waals surface area contributed by atoms with E-state index in [-0.39, 0.29) is 11.9 Å². The first-order chi connectivity index (χ1) is 9.22. The predicted molar refractivity (Wildman–Crippen MR) is 67.6 cm³/mol. The minimum atomic E-state index is -0.268. The average molecular weight is 266 g/mol. The highest BCUT2D eigenvalue weighted by atomic mass is 16.5. The summed E-state index contributed by atoms with van der Waals surface area (Å²) in [5.74, 6) is -0.471. The van der Waals surface area contributed by atoms with Gasteiger partial charge in [0.25, 0.3) is 5.91 Å². The number of carbonyl (C=O) groups excluding carboxylic acids is 2. The fraction of sp³-hybridized carbons (Fsp3) is 0.583. The van der Waals surface area contributed by atoms with E-state index in [2.05, 4.69) is 25.6 Å². The maximum absolute atomic E-state index is 12.0. The number of nitrogens with one attached hydrogen (secondary N) is 3. The van der Waals surface area contributed by atoms with Crippen LogP contribution >= 0.6 is 0 Å². The van der Waals surface area contributed by atoms with Crippen LogP contribution in [0.2, 0.25) is 0 Å². The molecule has 1 aromatic rings. The molecule has 0 saturated heterocycles. The maximum atomic E-state index is 12.0. The summed E-state index contributed by atoms with van der Waals surface area (Å²) < 4.78 is 4.53. The van der Waals surface area contributed by atoms with Gasteiger partial charge in [-0.25, -0.2) is 0 Å². The molecule has 1 aromatic heterocycles. The lowest BCUT2D eigenvalue weighted by molar-refractivity contribution is -0.140. The molecular weight excluding hydrogens is 248 g/mol. The van der Waals surface area contributed by atoms with Crippen LogP contribution in [0.1, 0.15) is 34.6 Å². The normalized spacial score (nSPS) is 13.7. The topological polar surface area (TPSA) is 96.1 Å². The van der Waals surface area contributed by atoms with Gasteiger partial charge in [-0.2, -0.15) is 5.10 Å². The van der Waals surface area contributed by atoms with E-state index in [1.165, 1.54) is 7.11 Å². The van der Waals surface area contributed by atoms with Crippen molar-refractivity contribution in [1.82, 2.24) is 20.8 Å². The molecule has 0 saturated carbocycles. The molecule has 0 bridgehead atoms. The van der Waals surface area contributed by atoms with Gasteiger partial charge in [0.2, 0.25) is 0 Å². The number of hydrogen-bond acceptors (Lipinski definition) is 5. The van der Waals surface area contributed by atoms with E-state index in [1.54, 1.807) is 0 Å². The third kappa shape index (κ3) is 3.31. The van der Waals surface area contributed by atoms with E-state index in [1.807, 2.05) is 0 Å². The Balaban J connectivity index is 1.83. The number of esters is 1. The number of nitrogens with zero attached hydrogens (tertiary/aromatic N) is 1. The van der Waals surface area contributed by atoms with Crippen molar-refractivity contribution in [3.8, 4) is 0 Å². The minimum Gasteiger partial charge on any atom is -0.469 e. The highest BCUT2D eigenvalue weighted by Crippen LogP contribution is 2.14. The molecule has 19 heavy (non-hydrogen) atoms. The van der Waals surface area contributed by atoms with Crippen LogP contribution in [0, 0.1) is 0 Å². The van der Waals surface area contributed by atoms with Gasteiger partial charge in [-0.3, -0.25) is 14.7 Å². The molecule has 7 heteroatoms. The molecule has 1 aliphatic heterocycles. The van der Waals surface area contributed by atoms with Crippen LogP contribution in [0.3, 0.4) is 0 Å². The zero-order valence-electron chi connectivity index (χ0n) is 10.9. The molecule has 7 nitrogen and oxygen atoms in total. The Labute approximate surface area is 111 Å². The molecular formula is C12H18N4O3. The van der Waals surface area contributed by atoms with Crippen molar-refractivity contribution in [1.29, 1.82) is 0 Å². The summed E-state index contributed by atoms with van der Waals surface area (Å²) in [5.41, 5.74) is 2.41. The van der Waals surface area contributed by atoms with E-state index in [9.17, 15) is 9.59 Å². The number of carbonyl (C=O) groups is 2. The Hall–Kier alpha value is -1.89. The van der Waals surface area contributed by atoms with E-state index < -0.39 is 0 Å². The zero-order valence-corrected chi connectivity index (χ0v) is 10.9. The SMILES string of the molecule is COC(=O)CCCNC(=O)c1n[nH]c2c1CNCC2. The molecule has 0 atom stereocenters. The Morgan fingerprint density at radius 2 is 2.32 bits per heavy atom. The molecule has 0 aliphatic carbocycles. The van der Waals surface area contributed by atoms with Gasteiger partial charge in [0.15, 0.2) is 5.69 Å².